The largest absolute Gasteiger partial charge is 0.478 e. The maximum atomic E-state index is 12.6. The zero-order valence-electron chi connectivity index (χ0n) is 48.9. The van der Waals surface area contributed by atoms with Crippen LogP contribution in [0.4, 0.5) is 46.5 Å². The topological polar surface area (TPSA) is 299 Å². The number of nitrogens with one attached hydrogen (secondary N) is 6. The predicted molar refractivity (Wildman–Crippen MR) is 394 cm³/mol. The molecule has 8 aromatic heterocycles. The van der Waals surface area contributed by atoms with Gasteiger partial charge in [0.15, 0.2) is 0 Å². The monoisotopic (exact) mass is 1590 g/mol. The van der Waals surface area contributed by atoms with E-state index in [1.165, 1.54) is 24.0 Å². The smallest absolute Gasteiger partial charge is 0.337 e. The van der Waals surface area contributed by atoms with Crippen LogP contribution in [0.15, 0.2) is 256 Å². The van der Waals surface area contributed by atoms with Crippen molar-refractivity contribution in [2.45, 2.75) is 26.2 Å². The van der Waals surface area contributed by atoms with Gasteiger partial charge in [-0.2, -0.15) is 0 Å². The summed E-state index contributed by atoms with van der Waals surface area (Å²) < 4.78 is 2.77. The standard InChI is InChI=1S/C25H23N5O.C18H19N5.C11H7Br2N3O.C6H4BrNO2.C5H5BrN2.4ClH/c31-25(21-14-15-22(28-18-21)26-16-19-8-3-1-4-9-19)30-24-13-7-12-23(29-24)27-17-20-10-5-2-6-11-20;19-16-7-4-8-18(23-16)22-13-15-9-10-17(21-12-15)20-11-14-5-2-1-3-6-14;12-8-5-4-7(6-14-8)11(17)16-10-3-1-2-9(13)15-10;7-5-2-1-4(3-8-5)6(9)10;6-4-2-1-3-5(7)8-4;;;;/h1-15,18H,16-17H2,(H,26,28)(H2,27,29,30,31);1-10,12H,11,13H2,(H,20,21)(H3,19,22,23);1-6H,(H,15,16,17);1-3H,(H,9,10);1-3H,(H2,7,8);4*1H. The lowest BCUT2D eigenvalue weighted by molar-refractivity contribution is 0.0695. The van der Waals surface area contributed by atoms with E-state index in [-0.39, 0.29) is 67.0 Å². The first kappa shape index (κ1) is 78.4. The zero-order chi connectivity index (χ0) is 63.0. The Labute approximate surface area is 596 Å². The number of carbonyl (C=O) groups excluding carboxylic acids is 2. The lowest BCUT2D eigenvalue weighted by Gasteiger charge is -2.09. The van der Waals surface area contributed by atoms with Gasteiger partial charge in [0.25, 0.3) is 11.8 Å². The van der Waals surface area contributed by atoms with Crippen molar-refractivity contribution in [1.82, 2.24) is 39.9 Å². The van der Waals surface area contributed by atoms with Crippen molar-refractivity contribution in [1.29, 1.82) is 0 Å². The third-order valence-electron chi connectivity index (χ3n) is 11.7. The van der Waals surface area contributed by atoms with Crippen LogP contribution in [0, 0.1) is 0 Å². The summed E-state index contributed by atoms with van der Waals surface area (Å²) in [5.74, 6) is 3.60. The summed E-state index contributed by atoms with van der Waals surface area (Å²) in [6.45, 7) is 2.75. The first-order chi connectivity index (χ1) is 43.2. The van der Waals surface area contributed by atoms with Gasteiger partial charge < -0.3 is 48.5 Å². The molecule has 2 amide bonds. The Morgan fingerprint density at radius 2 is 0.688 bits per heavy atom. The number of nitrogens with zero attached hydrogens (tertiary/aromatic N) is 8. The molecule has 0 radical (unpaired) electrons. The first-order valence-electron chi connectivity index (χ1n) is 27.0. The van der Waals surface area contributed by atoms with Crippen LogP contribution in [-0.2, 0) is 26.2 Å². The molecule has 0 unspecified atom stereocenters. The average molecular weight is 1590 g/mol. The number of aromatic nitrogens is 8. The van der Waals surface area contributed by atoms with Crippen LogP contribution in [0.25, 0.3) is 0 Å². The van der Waals surface area contributed by atoms with Crippen LogP contribution in [-0.4, -0.2) is 62.8 Å². The minimum absolute atomic E-state index is 0. The van der Waals surface area contributed by atoms with E-state index in [1.807, 2.05) is 134 Å². The lowest BCUT2D eigenvalue weighted by atomic mass is 10.2. The highest BCUT2D eigenvalue weighted by Gasteiger charge is 2.10. The van der Waals surface area contributed by atoms with E-state index in [0.29, 0.717) is 79.5 Å². The minimum Gasteiger partial charge on any atom is -0.478 e. The van der Waals surface area contributed by atoms with E-state index >= 15 is 0 Å². The summed E-state index contributed by atoms with van der Waals surface area (Å²) in [4.78, 5) is 67.8. The molecule has 0 aliphatic rings. The molecule has 28 heteroatoms. The van der Waals surface area contributed by atoms with Crippen molar-refractivity contribution in [2.75, 3.05) is 43.4 Å². The fraction of sp³-hybridized carbons (Fsp3) is 0.0615. The van der Waals surface area contributed by atoms with E-state index in [1.54, 1.807) is 72.9 Å². The average Bonchev–Trinajstić information content (AvgIpc) is 3.75. The summed E-state index contributed by atoms with van der Waals surface area (Å²) in [5, 5.41) is 27.0. The van der Waals surface area contributed by atoms with Gasteiger partial charge in [-0.25, -0.2) is 44.7 Å². The number of carboxylic acids is 1. The molecule has 0 aliphatic heterocycles. The predicted octanol–water partition coefficient (Wildman–Crippen LogP) is 16.1. The fourth-order valence-corrected chi connectivity index (χ4v) is 8.44. The Hall–Kier alpha value is -8.85. The third-order valence-corrected chi connectivity index (χ3v) is 13.5. The van der Waals surface area contributed by atoms with Crippen LogP contribution in [0.1, 0.15) is 53.3 Å². The van der Waals surface area contributed by atoms with Crippen molar-refractivity contribution < 1.29 is 19.5 Å². The summed E-state index contributed by atoms with van der Waals surface area (Å²) in [5.41, 5.74) is 16.8. The van der Waals surface area contributed by atoms with Crippen LogP contribution in [0.3, 0.4) is 0 Å². The maximum Gasteiger partial charge on any atom is 0.337 e. The molecule has 0 saturated carbocycles. The minimum atomic E-state index is -0.958. The Morgan fingerprint density at radius 1 is 0.323 bits per heavy atom. The second-order valence-corrected chi connectivity index (χ2v) is 21.6. The number of benzene rings is 3. The van der Waals surface area contributed by atoms with Gasteiger partial charge in [-0.1, -0.05) is 121 Å². The molecule has 8 heterocycles. The maximum absolute atomic E-state index is 12.6. The summed E-state index contributed by atoms with van der Waals surface area (Å²) in [6, 6.07) is 66.1. The quantitative estimate of drug-likeness (QED) is 0.0383. The van der Waals surface area contributed by atoms with Gasteiger partial charge in [-0.15, -0.1) is 49.6 Å². The van der Waals surface area contributed by atoms with Gasteiger partial charge in [0.2, 0.25) is 0 Å². The van der Waals surface area contributed by atoms with Crippen LogP contribution in [0.2, 0.25) is 0 Å². The Balaban J connectivity index is 0.000000322. The number of halogens is 8. The summed E-state index contributed by atoms with van der Waals surface area (Å²) in [6.07, 6.45) is 6.20. The van der Waals surface area contributed by atoms with Crippen LogP contribution < -0.4 is 43.4 Å². The zero-order valence-corrected chi connectivity index (χ0v) is 58.5. The Morgan fingerprint density at radius 3 is 1.09 bits per heavy atom. The van der Waals surface area contributed by atoms with Crippen molar-refractivity contribution in [3.63, 3.8) is 0 Å². The Bertz CT molecular complexity index is 3950. The highest BCUT2D eigenvalue weighted by Crippen LogP contribution is 2.17. The number of aromatic carboxylic acids is 1. The molecule has 0 bridgehead atoms. The van der Waals surface area contributed by atoms with Gasteiger partial charge in [0.05, 0.1) is 16.7 Å². The van der Waals surface area contributed by atoms with Crippen molar-refractivity contribution >= 4 is 178 Å². The molecule has 482 valence electrons. The van der Waals surface area contributed by atoms with Gasteiger partial charge in [-0.3, -0.25) is 9.59 Å². The lowest BCUT2D eigenvalue weighted by Crippen LogP contribution is -2.14. The van der Waals surface area contributed by atoms with Crippen molar-refractivity contribution in [3.05, 3.63) is 294 Å². The van der Waals surface area contributed by atoms with Crippen LogP contribution >= 0.6 is 113 Å². The van der Waals surface area contributed by atoms with Crippen molar-refractivity contribution in [3.8, 4) is 0 Å². The van der Waals surface area contributed by atoms with E-state index in [2.05, 4.69) is 148 Å². The SMILES string of the molecule is Cl.Cl.Cl.Cl.Nc1cccc(Br)n1.Nc1cccc(NCc2ccc(NCc3ccccc3)nc2)n1.O=C(Nc1cccc(Br)n1)c1ccc(Br)nc1.O=C(Nc1cccc(NCc2ccccc2)n1)c1ccc(NCc2ccccc2)nc1.O=C(O)c1ccc(Br)nc1. The molecule has 11 aromatic rings. The van der Waals surface area contributed by atoms with Crippen LogP contribution in [0.5, 0.6) is 0 Å². The molecule has 20 nitrogen and oxygen atoms in total. The molecule has 11 N–H and O–H groups in total. The summed E-state index contributed by atoms with van der Waals surface area (Å²) in [7, 11) is 0. The first-order valence-corrected chi connectivity index (χ1v) is 30.1. The molecule has 0 fully saturated rings. The molecule has 0 atom stereocenters. The van der Waals surface area contributed by atoms with Gasteiger partial charge >= 0.3 is 5.97 Å². The molecule has 0 saturated heterocycles. The normalized spacial score (nSPS) is 9.59. The number of anilines is 8. The number of pyridine rings is 8. The molecular formula is C65H62Br4Cl4N16O4. The number of rotatable bonds is 17. The second-order valence-electron chi connectivity index (χ2n) is 18.4. The van der Waals surface area contributed by atoms with Crippen molar-refractivity contribution in [2.24, 2.45) is 0 Å². The van der Waals surface area contributed by atoms with E-state index in [0.717, 1.165) is 39.5 Å². The fourth-order valence-electron chi connectivity index (χ4n) is 7.27. The van der Waals surface area contributed by atoms with E-state index < -0.39 is 5.97 Å². The Kier molecular flexibility index (Phi) is 36.3. The molecular weight excluding hydrogens is 1530 g/mol. The number of carboxylic acid groups (broad SMARTS) is 1. The molecule has 11 rings (SSSR count). The molecule has 0 spiro atoms. The number of amides is 2. The van der Waals surface area contributed by atoms with E-state index in [9.17, 15) is 14.4 Å². The number of nitrogens with two attached hydrogens (primary N) is 2. The number of carbonyl (C=O) groups is 3. The highest BCUT2D eigenvalue weighted by atomic mass is 79.9. The molecule has 0 aliphatic carbocycles. The molecule has 93 heavy (non-hydrogen) atoms. The number of hydrogen-bond acceptors (Lipinski definition) is 17. The molecule has 3 aromatic carbocycles. The van der Waals surface area contributed by atoms with Gasteiger partial charge in [0, 0.05) is 51.0 Å². The summed E-state index contributed by atoms with van der Waals surface area (Å²) >= 11 is 12.7. The van der Waals surface area contributed by atoms with Gasteiger partial charge in [-0.05, 0) is 177 Å². The number of nitrogen functional groups attached to an aromatic ring is 2. The third kappa shape index (κ3) is 30.0. The van der Waals surface area contributed by atoms with Gasteiger partial charge in [0.1, 0.15) is 65.0 Å². The highest BCUT2D eigenvalue weighted by molar-refractivity contribution is 9.11. The second kappa shape index (κ2) is 43.1. The number of hydrogen-bond donors (Lipinski definition) is 9. The van der Waals surface area contributed by atoms with E-state index in [4.69, 9.17) is 16.6 Å².